The fraction of sp³-hybridized carbons (Fsp3) is 0.594. The van der Waals surface area contributed by atoms with Crippen LogP contribution in [0.3, 0.4) is 0 Å². The molecule has 2 N–H and O–H groups in total. The van der Waals surface area contributed by atoms with Gasteiger partial charge in [-0.2, -0.15) is 4.31 Å². The van der Waals surface area contributed by atoms with Crippen molar-refractivity contribution >= 4 is 16.1 Å². The third-order valence-corrected chi connectivity index (χ3v) is 10.0. The second kappa shape index (κ2) is 14.6. The number of fused-ring (bicyclic) bond motifs is 1. The number of carbonyl (C=O) groups excluding carboxylic acids is 1. The molecule has 11 nitrogen and oxygen atoms in total. The summed E-state index contributed by atoms with van der Waals surface area (Å²) in [6.07, 6.45) is -2.20. The van der Waals surface area contributed by atoms with Crippen LogP contribution in [0.2, 0.25) is 0 Å². The largest absolute Gasteiger partial charge is 0.496 e. The van der Waals surface area contributed by atoms with Crippen molar-refractivity contribution in [3.05, 3.63) is 59.7 Å². The smallest absolute Gasteiger partial charge is 0.408 e. The van der Waals surface area contributed by atoms with Crippen LogP contribution >= 0.6 is 0 Å². The van der Waals surface area contributed by atoms with Gasteiger partial charge in [0.1, 0.15) is 18.0 Å². The van der Waals surface area contributed by atoms with Gasteiger partial charge in [-0.3, -0.25) is 0 Å². The molecule has 0 bridgehead atoms. The molecule has 244 valence electrons. The van der Waals surface area contributed by atoms with E-state index in [0.717, 1.165) is 22.8 Å². The maximum atomic E-state index is 14.4. The molecule has 2 saturated heterocycles. The van der Waals surface area contributed by atoms with E-state index >= 15 is 0 Å². The van der Waals surface area contributed by atoms with Gasteiger partial charge in [-0.25, -0.2) is 13.2 Å². The van der Waals surface area contributed by atoms with Crippen molar-refractivity contribution < 1.29 is 37.3 Å². The van der Waals surface area contributed by atoms with Crippen LogP contribution in [0.1, 0.15) is 44.7 Å². The first-order chi connectivity index (χ1) is 20.8. The summed E-state index contributed by atoms with van der Waals surface area (Å²) in [7, 11) is 1.35. The Labute approximate surface area is 261 Å². The highest BCUT2D eigenvalue weighted by Gasteiger charge is 2.44. The Morgan fingerprint density at radius 2 is 1.89 bits per heavy atom. The fourth-order valence-electron chi connectivity index (χ4n) is 5.69. The topological polar surface area (TPSA) is 127 Å². The van der Waals surface area contributed by atoms with E-state index in [-0.39, 0.29) is 29.4 Å². The zero-order valence-corrected chi connectivity index (χ0v) is 27.4. The van der Waals surface area contributed by atoms with Gasteiger partial charge in [0.25, 0.3) is 0 Å². The number of hydrogen-bond donors (Lipinski definition) is 2. The number of aliphatic hydroxyl groups is 1. The zero-order chi connectivity index (χ0) is 32.1. The zero-order valence-electron chi connectivity index (χ0n) is 26.6. The minimum atomic E-state index is -4.26. The van der Waals surface area contributed by atoms with E-state index in [1.807, 2.05) is 20.2 Å². The van der Waals surface area contributed by atoms with Crippen molar-refractivity contribution in [2.24, 2.45) is 11.3 Å². The van der Waals surface area contributed by atoms with Gasteiger partial charge in [-0.15, -0.1) is 0 Å². The SMILES string of the molecule is COc1ccc(S(=O)(=O)N(Cc2ccccc2)[C@H](NC(=O)OC2COC3OCCC23)[C@@H](C)O)cc1CC(C)(C)CCN(C)C. The van der Waals surface area contributed by atoms with E-state index in [2.05, 4.69) is 24.1 Å². The first-order valence-electron chi connectivity index (χ1n) is 15.1. The Bertz CT molecular complexity index is 1350. The third kappa shape index (κ3) is 8.49. The molecular weight excluding hydrogens is 586 g/mol. The van der Waals surface area contributed by atoms with Crippen LogP contribution in [0, 0.1) is 11.3 Å². The summed E-state index contributed by atoms with van der Waals surface area (Å²) in [6.45, 7) is 7.22. The number of hydrogen-bond acceptors (Lipinski definition) is 9. The predicted molar refractivity (Wildman–Crippen MR) is 165 cm³/mol. The number of carbonyl (C=O) groups is 1. The molecule has 2 aromatic rings. The van der Waals surface area contributed by atoms with Crippen LogP contribution < -0.4 is 10.1 Å². The highest BCUT2D eigenvalue weighted by molar-refractivity contribution is 7.89. The molecule has 2 aromatic carbocycles. The molecule has 0 aliphatic carbocycles. The lowest BCUT2D eigenvalue weighted by Crippen LogP contribution is -2.56. The highest BCUT2D eigenvalue weighted by atomic mass is 32.2. The van der Waals surface area contributed by atoms with E-state index in [9.17, 15) is 18.3 Å². The number of nitrogens with zero attached hydrogens (tertiary/aromatic N) is 2. The summed E-state index contributed by atoms with van der Waals surface area (Å²) in [6, 6.07) is 13.8. The minimum Gasteiger partial charge on any atom is -0.496 e. The monoisotopic (exact) mass is 633 g/mol. The number of ether oxygens (including phenoxy) is 4. The number of aliphatic hydroxyl groups excluding tert-OH is 1. The standard InChI is InChI=1S/C32H47N3O8S/c1-22(36)29(33-31(37)43-28-21-42-30-26(28)14-17-41-30)35(20-23-10-8-7-9-11-23)44(38,39)25-12-13-27(40-6)24(18-25)19-32(2,3)15-16-34(4)5/h7-13,18,22,26,28-30,36H,14-17,19-21H2,1-6H3,(H,33,37)/t22-,26?,28?,29+,30?/m1/s1. The Hall–Kier alpha value is -2.74. The second-order valence-corrected chi connectivity index (χ2v) is 14.6. The lowest BCUT2D eigenvalue weighted by molar-refractivity contribution is -0.0907. The number of sulfonamides is 1. The lowest BCUT2D eigenvalue weighted by atomic mass is 9.82. The van der Waals surface area contributed by atoms with Crippen molar-refractivity contribution in [1.82, 2.24) is 14.5 Å². The van der Waals surface area contributed by atoms with E-state index < -0.39 is 40.8 Å². The number of methoxy groups -OCH3 is 1. The summed E-state index contributed by atoms with van der Waals surface area (Å²) < 4.78 is 52.3. The Morgan fingerprint density at radius 3 is 2.55 bits per heavy atom. The van der Waals surface area contributed by atoms with Gasteiger partial charge < -0.3 is 34.3 Å². The van der Waals surface area contributed by atoms with E-state index in [0.29, 0.717) is 30.8 Å². The molecule has 0 spiro atoms. The average Bonchev–Trinajstić information content (AvgIpc) is 3.59. The molecule has 2 fully saturated rings. The third-order valence-electron chi connectivity index (χ3n) is 8.22. The van der Waals surface area contributed by atoms with Gasteiger partial charge in [0.2, 0.25) is 10.0 Å². The van der Waals surface area contributed by atoms with Gasteiger partial charge in [0.15, 0.2) is 6.29 Å². The fourth-order valence-corrected chi connectivity index (χ4v) is 7.34. The number of alkyl carbamates (subject to hydrolysis) is 1. The lowest BCUT2D eigenvalue weighted by Gasteiger charge is -2.34. The van der Waals surface area contributed by atoms with Crippen LogP contribution in [-0.4, -0.2) is 94.5 Å². The number of rotatable bonds is 14. The Kier molecular flexibility index (Phi) is 11.3. The molecule has 2 heterocycles. The van der Waals surface area contributed by atoms with Gasteiger partial charge in [-0.05, 0) is 81.6 Å². The number of benzene rings is 2. The Morgan fingerprint density at radius 1 is 1.16 bits per heavy atom. The maximum absolute atomic E-state index is 14.4. The van der Waals surface area contributed by atoms with Crippen molar-refractivity contribution in [1.29, 1.82) is 0 Å². The maximum Gasteiger partial charge on any atom is 0.408 e. The molecule has 4 rings (SSSR count). The van der Waals surface area contributed by atoms with Gasteiger partial charge in [0.05, 0.1) is 37.2 Å². The summed E-state index contributed by atoms with van der Waals surface area (Å²) in [4.78, 5) is 15.3. The molecule has 44 heavy (non-hydrogen) atoms. The molecule has 12 heteroatoms. The quantitative estimate of drug-likeness (QED) is 0.300. The molecule has 5 atom stereocenters. The van der Waals surface area contributed by atoms with E-state index in [1.165, 1.54) is 13.0 Å². The van der Waals surface area contributed by atoms with Gasteiger partial charge >= 0.3 is 6.09 Å². The number of amides is 1. The Balaban J connectivity index is 1.64. The van der Waals surface area contributed by atoms with Crippen LogP contribution in [0.15, 0.2) is 53.4 Å². The van der Waals surface area contributed by atoms with Gasteiger partial charge in [0, 0.05) is 6.54 Å². The summed E-state index contributed by atoms with van der Waals surface area (Å²) in [5.74, 6) is 0.507. The summed E-state index contributed by atoms with van der Waals surface area (Å²) in [5, 5.41) is 13.5. The normalized spacial score (nSPS) is 21.7. The molecule has 3 unspecified atom stereocenters. The summed E-state index contributed by atoms with van der Waals surface area (Å²) in [5.41, 5.74) is 1.31. The van der Waals surface area contributed by atoms with Crippen LogP contribution in [-0.2, 0) is 37.2 Å². The number of nitrogens with one attached hydrogen (secondary N) is 1. The average molecular weight is 634 g/mol. The minimum absolute atomic E-state index is 0.0311. The van der Waals surface area contributed by atoms with Gasteiger partial charge in [-0.1, -0.05) is 44.2 Å². The highest BCUT2D eigenvalue weighted by Crippen LogP contribution is 2.35. The predicted octanol–water partition coefficient (Wildman–Crippen LogP) is 3.60. The van der Waals surface area contributed by atoms with Crippen molar-refractivity contribution in [3.63, 3.8) is 0 Å². The molecule has 0 aromatic heterocycles. The van der Waals surface area contributed by atoms with Crippen LogP contribution in [0.4, 0.5) is 4.79 Å². The summed E-state index contributed by atoms with van der Waals surface area (Å²) >= 11 is 0. The van der Waals surface area contributed by atoms with Crippen LogP contribution in [0.5, 0.6) is 5.75 Å². The molecular formula is C32H47N3O8S. The van der Waals surface area contributed by atoms with E-state index in [4.69, 9.17) is 18.9 Å². The van der Waals surface area contributed by atoms with E-state index in [1.54, 1.807) is 43.5 Å². The van der Waals surface area contributed by atoms with Crippen LogP contribution in [0.25, 0.3) is 0 Å². The molecule has 0 radical (unpaired) electrons. The molecule has 1 amide bonds. The van der Waals surface area contributed by atoms with Crippen molar-refractivity contribution in [3.8, 4) is 5.75 Å². The second-order valence-electron chi connectivity index (χ2n) is 12.7. The first kappa shape index (κ1) is 34.1. The molecule has 0 saturated carbocycles. The first-order valence-corrected chi connectivity index (χ1v) is 16.5. The van der Waals surface area contributed by atoms with Crippen molar-refractivity contribution in [2.75, 3.05) is 41.0 Å². The van der Waals surface area contributed by atoms with Crippen molar-refractivity contribution in [2.45, 2.75) is 76.1 Å². The molecule has 2 aliphatic heterocycles. The molecule has 2 aliphatic rings.